The Hall–Kier alpha value is -1.23. The first-order valence-corrected chi connectivity index (χ1v) is 5.22. The van der Waals surface area contributed by atoms with Crippen molar-refractivity contribution >= 4 is 5.78 Å². The molecule has 0 saturated heterocycles. The van der Waals surface area contributed by atoms with Crippen LogP contribution < -0.4 is 5.32 Å². The average molecular weight is 210 g/mol. The monoisotopic (exact) mass is 210 g/mol. The molecule has 0 radical (unpaired) electrons. The molecule has 1 heterocycles. The van der Waals surface area contributed by atoms with Gasteiger partial charge in [-0.2, -0.15) is 0 Å². The van der Waals surface area contributed by atoms with E-state index in [1.807, 2.05) is 0 Å². The standard InChI is InChI=1S/C10H18N4O/c1-4-8(2)11-6-10(15)5-9-7-14(3)13-12-9/h7-8,11H,4-6H2,1-3H3. The van der Waals surface area contributed by atoms with E-state index in [1.165, 1.54) is 0 Å². The summed E-state index contributed by atoms with van der Waals surface area (Å²) in [4.78, 5) is 11.5. The minimum atomic E-state index is 0.149. The first-order chi connectivity index (χ1) is 7.11. The van der Waals surface area contributed by atoms with Gasteiger partial charge in [-0.3, -0.25) is 9.48 Å². The van der Waals surface area contributed by atoms with E-state index >= 15 is 0 Å². The molecule has 1 unspecified atom stereocenters. The summed E-state index contributed by atoms with van der Waals surface area (Å²) in [7, 11) is 1.79. The molecule has 0 saturated carbocycles. The number of carbonyl (C=O) groups is 1. The van der Waals surface area contributed by atoms with Crippen molar-refractivity contribution in [1.29, 1.82) is 0 Å². The molecule has 0 aliphatic carbocycles. The average Bonchev–Trinajstić information content (AvgIpc) is 2.60. The quantitative estimate of drug-likeness (QED) is 0.734. The molecule has 0 aromatic carbocycles. The molecule has 15 heavy (non-hydrogen) atoms. The number of ketones is 1. The molecule has 84 valence electrons. The largest absolute Gasteiger partial charge is 0.307 e. The van der Waals surface area contributed by atoms with Gasteiger partial charge in [0.2, 0.25) is 0 Å². The van der Waals surface area contributed by atoms with Crippen LogP contribution in [0.3, 0.4) is 0 Å². The van der Waals surface area contributed by atoms with Gasteiger partial charge in [0.15, 0.2) is 5.78 Å². The third-order valence-corrected chi connectivity index (χ3v) is 2.29. The lowest BCUT2D eigenvalue weighted by Crippen LogP contribution is -2.31. The van der Waals surface area contributed by atoms with Crippen molar-refractivity contribution in [3.63, 3.8) is 0 Å². The topological polar surface area (TPSA) is 59.8 Å². The molecule has 1 aromatic rings. The smallest absolute Gasteiger partial charge is 0.152 e. The predicted octanol–water partition coefficient (Wildman–Crippen LogP) is 0.315. The first-order valence-electron chi connectivity index (χ1n) is 5.22. The van der Waals surface area contributed by atoms with Crippen molar-refractivity contribution in [2.75, 3.05) is 6.54 Å². The summed E-state index contributed by atoms with van der Waals surface area (Å²) in [5, 5.41) is 10.8. The van der Waals surface area contributed by atoms with Crippen LogP contribution in [0.15, 0.2) is 6.20 Å². The van der Waals surface area contributed by atoms with Crippen molar-refractivity contribution in [2.24, 2.45) is 7.05 Å². The van der Waals surface area contributed by atoms with Gasteiger partial charge in [0.1, 0.15) is 0 Å². The highest BCUT2D eigenvalue weighted by atomic mass is 16.1. The van der Waals surface area contributed by atoms with Crippen molar-refractivity contribution < 1.29 is 4.79 Å². The van der Waals surface area contributed by atoms with E-state index in [0.29, 0.717) is 19.0 Å². The number of hydrogen-bond donors (Lipinski definition) is 1. The molecule has 0 spiro atoms. The minimum absolute atomic E-state index is 0.149. The van der Waals surface area contributed by atoms with Crippen LogP contribution in [0.25, 0.3) is 0 Å². The van der Waals surface area contributed by atoms with Crippen LogP contribution >= 0.6 is 0 Å². The molecule has 1 rings (SSSR count). The zero-order valence-corrected chi connectivity index (χ0v) is 9.53. The maximum atomic E-state index is 11.5. The molecule has 1 atom stereocenters. The highest BCUT2D eigenvalue weighted by Gasteiger charge is 2.07. The van der Waals surface area contributed by atoms with Gasteiger partial charge in [-0.05, 0) is 13.3 Å². The number of nitrogens with zero attached hydrogens (tertiary/aromatic N) is 3. The third kappa shape index (κ3) is 4.20. The van der Waals surface area contributed by atoms with Gasteiger partial charge in [-0.25, -0.2) is 0 Å². The molecule has 1 N–H and O–H groups in total. The van der Waals surface area contributed by atoms with Gasteiger partial charge in [-0.1, -0.05) is 12.1 Å². The second-order valence-electron chi connectivity index (χ2n) is 3.79. The van der Waals surface area contributed by atoms with Gasteiger partial charge in [0, 0.05) is 19.3 Å². The summed E-state index contributed by atoms with van der Waals surface area (Å²) in [5.41, 5.74) is 0.730. The van der Waals surface area contributed by atoms with E-state index in [0.717, 1.165) is 12.1 Å². The van der Waals surface area contributed by atoms with E-state index in [2.05, 4.69) is 29.5 Å². The molecular formula is C10H18N4O. The second-order valence-corrected chi connectivity index (χ2v) is 3.79. The minimum Gasteiger partial charge on any atom is -0.307 e. The highest BCUT2D eigenvalue weighted by Crippen LogP contribution is 1.94. The van der Waals surface area contributed by atoms with Crippen molar-refractivity contribution in [3.8, 4) is 0 Å². The summed E-state index contributed by atoms with van der Waals surface area (Å²) >= 11 is 0. The van der Waals surface area contributed by atoms with Crippen LogP contribution in [0.4, 0.5) is 0 Å². The van der Waals surface area contributed by atoms with E-state index in [1.54, 1.807) is 17.9 Å². The van der Waals surface area contributed by atoms with Gasteiger partial charge in [0.25, 0.3) is 0 Å². The lowest BCUT2D eigenvalue weighted by Gasteiger charge is -2.09. The third-order valence-electron chi connectivity index (χ3n) is 2.29. The summed E-state index contributed by atoms with van der Waals surface area (Å²) < 4.78 is 1.60. The zero-order valence-electron chi connectivity index (χ0n) is 9.53. The molecule has 0 bridgehead atoms. The SMILES string of the molecule is CCC(C)NCC(=O)Cc1cn(C)nn1. The number of aryl methyl sites for hydroxylation is 1. The van der Waals surface area contributed by atoms with Gasteiger partial charge in [-0.15, -0.1) is 5.10 Å². The lowest BCUT2D eigenvalue weighted by atomic mass is 10.2. The van der Waals surface area contributed by atoms with E-state index < -0.39 is 0 Å². The Balaban J connectivity index is 2.30. The van der Waals surface area contributed by atoms with E-state index in [9.17, 15) is 4.79 Å². The molecule has 1 aromatic heterocycles. The van der Waals surface area contributed by atoms with E-state index in [4.69, 9.17) is 0 Å². The highest BCUT2D eigenvalue weighted by molar-refractivity contribution is 5.82. The summed E-state index contributed by atoms with van der Waals surface area (Å²) in [6, 6.07) is 0.385. The molecule has 0 fully saturated rings. The normalized spacial score (nSPS) is 12.7. The number of nitrogens with one attached hydrogen (secondary N) is 1. The molecule has 0 aliphatic rings. The first kappa shape index (κ1) is 11.8. The Morgan fingerprint density at radius 1 is 1.67 bits per heavy atom. The Bertz CT molecular complexity index is 321. The molecular weight excluding hydrogens is 192 g/mol. The molecule has 0 aliphatic heterocycles. The van der Waals surface area contributed by atoms with Crippen LogP contribution in [-0.4, -0.2) is 33.4 Å². The Labute approximate surface area is 89.9 Å². The molecule has 0 amide bonds. The van der Waals surface area contributed by atoms with Crippen LogP contribution in [-0.2, 0) is 18.3 Å². The van der Waals surface area contributed by atoms with Gasteiger partial charge >= 0.3 is 0 Å². The number of aromatic nitrogens is 3. The Morgan fingerprint density at radius 3 is 2.93 bits per heavy atom. The molecule has 5 heteroatoms. The van der Waals surface area contributed by atoms with E-state index in [-0.39, 0.29) is 5.78 Å². The van der Waals surface area contributed by atoms with Crippen LogP contribution in [0.1, 0.15) is 26.0 Å². The summed E-state index contributed by atoms with van der Waals surface area (Å²) in [6.45, 7) is 4.56. The summed E-state index contributed by atoms with van der Waals surface area (Å²) in [6.07, 6.45) is 3.15. The van der Waals surface area contributed by atoms with Crippen molar-refractivity contribution in [2.45, 2.75) is 32.7 Å². The number of hydrogen-bond acceptors (Lipinski definition) is 4. The van der Waals surface area contributed by atoms with Crippen molar-refractivity contribution in [1.82, 2.24) is 20.3 Å². The Morgan fingerprint density at radius 2 is 2.40 bits per heavy atom. The number of rotatable bonds is 6. The maximum Gasteiger partial charge on any atom is 0.152 e. The fourth-order valence-electron chi connectivity index (χ4n) is 1.17. The van der Waals surface area contributed by atoms with Gasteiger partial charge < -0.3 is 5.32 Å². The zero-order chi connectivity index (χ0) is 11.3. The van der Waals surface area contributed by atoms with Crippen LogP contribution in [0, 0.1) is 0 Å². The number of carbonyl (C=O) groups excluding carboxylic acids is 1. The lowest BCUT2D eigenvalue weighted by molar-refractivity contribution is -0.117. The number of Topliss-reactive ketones (excluding diaryl/α,β-unsaturated/α-hetero) is 1. The van der Waals surface area contributed by atoms with Crippen LogP contribution in [0.2, 0.25) is 0 Å². The second kappa shape index (κ2) is 5.60. The fraction of sp³-hybridized carbons (Fsp3) is 0.700. The molecule has 5 nitrogen and oxygen atoms in total. The van der Waals surface area contributed by atoms with Gasteiger partial charge in [0.05, 0.1) is 18.7 Å². The Kier molecular flexibility index (Phi) is 4.42. The maximum absolute atomic E-state index is 11.5. The fourth-order valence-corrected chi connectivity index (χ4v) is 1.17. The van der Waals surface area contributed by atoms with Crippen LogP contribution in [0.5, 0.6) is 0 Å². The van der Waals surface area contributed by atoms with Crippen molar-refractivity contribution in [3.05, 3.63) is 11.9 Å². The summed E-state index contributed by atoms with van der Waals surface area (Å²) in [5.74, 6) is 0.149. The predicted molar refractivity (Wildman–Crippen MR) is 57.5 cm³/mol.